The summed E-state index contributed by atoms with van der Waals surface area (Å²) in [6.07, 6.45) is 2.73. The van der Waals surface area contributed by atoms with Gasteiger partial charge in [-0.2, -0.15) is 0 Å². The van der Waals surface area contributed by atoms with Crippen LogP contribution < -0.4 is 5.32 Å². The number of ether oxygens (including phenoxy) is 1. The zero-order valence-electron chi connectivity index (χ0n) is 10.8. The average molecular weight is 213 g/mol. The molecule has 1 rings (SSSR count). The van der Waals surface area contributed by atoms with Gasteiger partial charge in [-0.15, -0.1) is 0 Å². The van der Waals surface area contributed by atoms with E-state index in [0.717, 1.165) is 37.6 Å². The van der Waals surface area contributed by atoms with Crippen LogP contribution in [-0.4, -0.2) is 25.8 Å². The molecule has 0 aliphatic heterocycles. The van der Waals surface area contributed by atoms with Gasteiger partial charge >= 0.3 is 0 Å². The van der Waals surface area contributed by atoms with Crippen LogP contribution in [0.1, 0.15) is 40.5 Å². The van der Waals surface area contributed by atoms with E-state index in [2.05, 4.69) is 33.0 Å². The van der Waals surface area contributed by atoms with Gasteiger partial charge in [-0.25, -0.2) is 0 Å². The van der Waals surface area contributed by atoms with Crippen LogP contribution in [0.25, 0.3) is 0 Å². The highest BCUT2D eigenvalue weighted by Crippen LogP contribution is 2.33. The SMILES string of the molecule is CC(C)COCCNC1CC(C(C)C)C1. The lowest BCUT2D eigenvalue weighted by atomic mass is 9.74. The molecular formula is C13H27NO. The minimum Gasteiger partial charge on any atom is -0.380 e. The lowest BCUT2D eigenvalue weighted by Gasteiger charge is -2.38. The number of nitrogens with one attached hydrogen (secondary N) is 1. The van der Waals surface area contributed by atoms with Crippen molar-refractivity contribution < 1.29 is 4.74 Å². The second-order valence-electron chi connectivity index (χ2n) is 5.60. The predicted octanol–water partition coefficient (Wildman–Crippen LogP) is 2.68. The summed E-state index contributed by atoms with van der Waals surface area (Å²) in [5.41, 5.74) is 0. The first-order valence-electron chi connectivity index (χ1n) is 6.40. The third-order valence-electron chi connectivity index (χ3n) is 3.25. The van der Waals surface area contributed by atoms with Crippen LogP contribution in [0.5, 0.6) is 0 Å². The Morgan fingerprint density at radius 3 is 2.40 bits per heavy atom. The molecule has 2 nitrogen and oxygen atoms in total. The monoisotopic (exact) mass is 213 g/mol. The molecule has 0 unspecified atom stereocenters. The first kappa shape index (κ1) is 13.0. The standard InChI is InChI=1S/C13H27NO/c1-10(2)9-15-6-5-14-13-7-12(8-13)11(3)4/h10-14H,5-9H2,1-4H3. The van der Waals surface area contributed by atoms with Gasteiger partial charge in [0.05, 0.1) is 6.61 Å². The highest BCUT2D eigenvalue weighted by Gasteiger charge is 2.30. The lowest BCUT2D eigenvalue weighted by Crippen LogP contribution is -2.44. The van der Waals surface area contributed by atoms with E-state index in [4.69, 9.17) is 4.74 Å². The molecule has 1 fully saturated rings. The summed E-state index contributed by atoms with van der Waals surface area (Å²) >= 11 is 0. The molecule has 1 saturated carbocycles. The normalized spacial score (nSPS) is 26.0. The molecule has 90 valence electrons. The summed E-state index contributed by atoms with van der Waals surface area (Å²) in [5, 5.41) is 3.55. The molecule has 0 radical (unpaired) electrons. The lowest BCUT2D eigenvalue weighted by molar-refractivity contribution is 0.0992. The van der Waals surface area contributed by atoms with Gasteiger partial charge in [0.25, 0.3) is 0 Å². The van der Waals surface area contributed by atoms with Crippen molar-refractivity contribution in [2.45, 2.75) is 46.6 Å². The molecule has 0 amide bonds. The molecule has 1 N–H and O–H groups in total. The highest BCUT2D eigenvalue weighted by molar-refractivity contribution is 4.86. The molecule has 1 aliphatic rings. The summed E-state index contributed by atoms with van der Waals surface area (Å²) in [6, 6.07) is 0.764. The van der Waals surface area contributed by atoms with Crippen molar-refractivity contribution >= 4 is 0 Å². The topological polar surface area (TPSA) is 21.3 Å². The van der Waals surface area contributed by atoms with Gasteiger partial charge < -0.3 is 10.1 Å². The first-order chi connectivity index (χ1) is 7.09. The maximum absolute atomic E-state index is 5.53. The summed E-state index contributed by atoms with van der Waals surface area (Å²) in [4.78, 5) is 0. The smallest absolute Gasteiger partial charge is 0.0591 e. The van der Waals surface area contributed by atoms with Crippen molar-refractivity contribution in [3.63, 3.8) is 0 Å². The van der Waals surface area contributed by atoms with Gasteiger partial charge in [0.1, 0.15) is 0 Å². The van der Waals surface area contributed by atoms with Crippen molar-refractivity contribution in [1.82, 2.24) is 5.32 Å². The number of rotatable bonds is 7. The van der Waals surface area contributed by atoms with Crippen LogP contribution in [0, 0.1) is 17.8 Å². The minimum atomic E-state index is 0.652. The van der Waals surface area contributed by atoms with Gasteiger partial charge in [0.2, 0.25) is 0 Å². The van der Waals surface area contributed by atoms with Crippen LogP contribution in [0.3, 0.4) is 0 Å². The van der Waals surface area contributed by atoms with E-state index >= 15 is 0 Å². The average Bonchev–Trinajstić information content (AvgIpc) is 2.06. The Balaban J connectivity index is 1.86. The van der Waals surface area contributed by atoms with Crippen LogP contribution in [0.15, 0.2) is 0 Å². The second kappa shape index (κ2) is 6.49. The second-order valence-corrected chi connectivity index (χ2v) is 5.60. The van der Waals surface area contributed by atoms with E-state index in [1.165, 1.54) is 12.8 Å². The molecule has 0 bridgehead atoms. The number of hydrogen-bond donors (Lipinski definition) is 1. The maximum atomic E-state index is 5.53. The van der Waals surface area contributed by atoms with Gasteiger partial charge in [-0.3, -0.25) is 0 Å². The summed E-state index contributed by atoms with van der Waals surface area (Å²) in [5.74, 6) is 2.47. The predicted molar refractivity (Wildman–Crippen MR) is 65.0 cm³/mol. The van der Waals surface area contributed by atoms with E-state index in [0.29, 0.717) is 5.92 Å². The molecule has 0 spiro atoms. The fraction of sp³-hybridized carbons (Fsp3) is 1.00. The van der Waals surface area contributed by atoms with E-state index in [1.54, 1.807) is 0 Å². The molecule has 0 heterocycles. The van der Waals surface area contributed by atoms with Crippen LogP contribution in [0.4, 0.5) is 0 Å². The Morgan fingerprint density at radius 1 is 1.20 bits per heavy atom. The minimum absolute atomic E-state index is 0.652. The van der Waals surface area contributed by atoms with E-state index in [1.807, 2.05) is 0 Å². The summed E-state index contributed by atoms with van der Waals surface area (Å²) < 4.78 is 5.53. The molecule has 1 aliphatic carbocycles. The Kier molecular flexibility index (Phi) is 5.62. The zero-order valence-corrected chi connectivity index (χ0v) is 10.8. The first-order valence-corrected chi connectivity index (χ1v) is 6.40. The maximum Gasteiger partial charge on any atom is 0.0591 e. The van der Waals surface area contributed by atoms with Crippen molar-refractivity contribution in [2.75, 3.05) is 19.8 Å². The van der Waals surface area contributed by atoms with Crippen molar-refractivity contribution in [3.8, 4) is 0 Å². The molecule has 2 heteroatoms. The van der Waals surface area contributed by atoms with Gasteiger partial charge in [-0.1, -0.05) is 27.7 Å². The van der Waals surface area contributed by atoms with Crippen molar-refractivity contribution in [1.29, 1.82) is 0 Å². The largest absolute Gasteiger partial charge is 0.380 e. The fourth-order valence-electron chi connectivity index (χ4n) is 2.03. The molecule has 0 atom stereocenters. The van der Waals surface area contributed by atoms with Crippen molar-refractivity contribution in [2.24, 2.45) is 17.8 Å². The molecule has 0 aromatic carbocycles. The van der Waals surface area contributed by atoms with Crippen LogP contribution >= 0.6 is 0 Å². The zero-order chi connectivity index (χ0) is 11.3. The summed E-state index contributed by atoms with van der Waals surface area (Å²) in [7, 11) is 0. The molecule has 15 heavy (non-hydrogen) atoms. The van der Waals surface area contributed by atoms with Gasteiger partial charge in [-0.05, 0) is 30.6 Å². The van der Waals surface area contributed by atoms with Gasteiger partial charge in [0, 0.05) is 19.2 Å². The number of hydrogen-bond acceptors (Lipinski definition) is 2. The molecule has 0 aromatic rings. The van der Waals surface area contributed by atoms with Crippen LogP contribution in [-0.2, 0) is 4.74 Å². The van der Waals surface area contributed by atoms with Crippen molar-refractivity contribution in [3.05, 3.63) is 0 Å². The Hall–Kier alpha value is -0.0800. The summed E-state index contributed by atoms with van der Waals surface area (Å²) in [6.45, 7) is 11.8. The van der Waals surface area contributed by atoms with E-state index < -0.39 is 0 Å². The van der Waals surface area contributed by atoms with Crippen LogP contribution in [0.2, 0.25) is 0 Å². The third kappa shape index (κ3) is 4.98. The third-order valence-corrected chi connectivity index (χ3v) is 3.25. The van der Waals surface area contributed by atoms with E-state index in [-0.39, 0.29) is 0 Å². The molecule has 0 aromatic heterocycles. The molecular weight excluding hydrogens is 186 g/mol. The quantitative estimate of drug-likeness (QED) is 0.657. The van der Waals surface area contributed by atoms with E-state index in [9.17, 15) is 0 Å². The Morgan fingerprint density at radius 2 is 1.87 bits per heavy atom. The Labute approximate surface area is 94.8 Å². The molecule has 0 saturated heterocycles. The fourth-order valence-corrected chi connectivity index (χ4v) is 2.03. The highest BCUT2D eigenvalue weighted by atomic mass is 16.5. The Bertz CT molecular complexity index is 162. The van der Waals surface area contributed by atoms with Gasteiger partial charge in [0.15, 0.2) is 0 Å².